The summed E-state index contributed by atoms with van der Waals surface area (Å²) >= 11 is 0. The maximum atomic E-state index is 12.6. The molecule has 2 unspecified atom stereocenters. The van der Waals surface area contributed by atoms with Crippen LogP contribution in [-0.4, -0.2) is 66.3 Å². The zero-order chi connectivity index (χ0) is 15.4. The first-order valence-electron chi connectivity index (χ1n) is 8.04. The number of aliphatic hydroxyl groups excluding tert-OH is 1. The summed E-state index contributed by atoms with van der Waals surface area (Å²) in [5, 5.41) is 9.20. The van der Waals surface area contributed by atoms with Crippen LogP contribution in [0.2, 0.25) is 0 Å². The third-order valence-corrected chi connectivity index (χ3v) is 4.53. The molecule has 1 amide bonds. The Morgan fingerprint density at radius 1 is 1.23 bits per heavy atom. The van der Waals surface area contributed by atoms with E-state index < -0.39 is 0 Å². The molecule has 2 aliphatic rings. The number of ether oxygens (including phenoxy) is 1. The lowest BCUT2D eigenvalue weighted by Crippen LogP contribution is -2.50. The molecular formula is C17H24N2O3. The van der Waals surface area contributed by atoms with E-state index in [4.69, 9.17) is 4.74 Å². The standard InChI is InChI=1S/C17H24N2O3/c20-13-15-6-7-19(11-15)17(21)16-12-18(8-9-22-16)10-14-4-2-1-3-5-14/h1-5,15-16,20H,6-13H2. The third-order valence-electron chi connectivity index (χ3n) is 4.53. The molecule has 2 fully saturated rings. The molecule has 2 heterocycles. The average Bonchev–Trinajstić information content (AvgIpc) is 3.04. The van der Waals surface area contributed by atoms with Crippen LogP contribution >= 0.6 is 0 Å². The fourth-order valence-corrected chi connectivity index (χ4v) is 3.22. The average molecular weight is 304 g/mol. The van der Waals surface area contributed by atoms with Crippen LogP contribution in [0, 0.1) is 5.92 Å². The number of carbonyl (C=O) groups is 1. The van der Waals surface area contributed by atoms with Gasteiger partial charge in [-0.1, -0.05) is 30.3 Å². The van der Waals surface area contributed by atoms with Crippen LogP contribution in [0.5, 0.6) is 0 Å². The van der Waals surface area contributed by atoms with E-state index in [1.807, 2.05) is 23.1 Å². The Morgan fingerprint density at radius 3 is 2.77 bits per heavy atom. The van der Waals surface area contributed by atoms with Crippen LogP contribution in [0.3, 0.4) is 0 Å². The minimum absolute atomic E-state index is 0.0775. The maximum Gasteiger partial charge on any atom is 0.253 e. The van der Waals surface area contributed by atoms with Gasteiger partial charge in [-0.15, -0.1) is 0 Å². The van der Waals surface area contributed by atoms with Crippen LogP contribution in [0.1, 0.15) is 12.0 Å². The zero-order valence-corrected chi connectivity index (χ0v) is 12.9. The first kappa shape index (κ1) is 15.5. The predicted molar refractivity (Wildman–Crippen MR) is 83.2 cm³/mol. The number of benzene rings is 1. The molecule has 0 radical (unpaired) electrons. The number of aliphatic hydroxyl groups is 1. The Bertz CT molecular complexity index is 494. The Labute approximate surface area is 131 Å². The van der Waals surface area contributed by atoms with Gasteiger partial charge in [0.25, 0.3) is 5.91 Å². The van der Waals surface area contributed by atoms with Crippen molar-refractivity contribution in [1.29, 1.82) is 0 Å². The molecule has 2 saturated heterocycles. The summed E-state index contributed by atoms with van der Waals surface area (Å²) in [6, 6.07) is 10.3. The second kappa shape index (κ2) is 7.22. The van der Waals surface area contributed by atoms with E-state index >= 15 is 0 Å². The van der Waals surface area contributed by atoms with Gasteiger partial charge in [0.05, 0.1) is 6.61 Å². The summed E-state index contributed by atoms with van der Waals surface area (Å²) in [7, 11) is 0. The summed E-state index contributed by atoms with van der Waals surface area (Å²) in [6.07, 6.45) is 0.526. The highest BCUT2D eigenvalue weighted by atomic mass is 16.5. The Kier molecular flexibility index (Phi) is 5.08. The lowest BCUT2D eigenvalue weighted by atomic mass is 10.1. The van der Waals surface area contributed by atoms with Gasteiger partial charge in [-0.05, 0) is 12.0 Å². The molecule has 3 rings (SSSR count). The van der Waals surface area contributed by atoms with Crippen molar-refractivity contribution in [1.82, 2.24) is 9.80 Å². The number of carbonyl (C=O) groups excluding carboxylic acids is 1. The molecule has 5 nitrogen and oxygen atoms in total. The minimum Gasteiger partial charge on any atom is -0.396 e. The number of hydrogen-bond donors (Lipinski definition) is 1. The zero-order valence-electron chi connectivity index (χ0n) is 12.9. The smallest absolute Gasteiger partial charge is 0.253 e. The fourth-order valence-electron chi connectivity index (χ4n) is 3.22. The molecule has 120 valence electrons. The Morgan fingerprint density at radius 2 is 2.05 bits per heavy atom. The van der Waals surface area contributed by atoms with E-state index in [1.54, 1.807) is 0 Å². The number of nitrogens with zero attached hydrogens (tertiary/aromatic N) is 2. The molecule has 1 aromatic rings. The molecular weight excluding hydrogens is 280 g/mol. The summed E-state index contributed by atoms with van der Waals surface area (Å²) in [4.78, 5) is 16.7. The minimum atomic E-state index is -0.366. The lowest BCUT2D eigenvalue weighted by molar-refractivity contribution is -0.148. The molecule has 0 aromatic heterocycles. The Balaban J connectivity index is 1.55. The topological polar surface area (TPSA) is 53.0 Å². The fraction of sp³-hybridized carbons (Fsp3) is 0.588. The highest BCUT2D eigenvalue weighted by Gasteiger charge is 2.33. The van der Waals surface area contributed by atoms with Gasteiger partial charge < -0.3 is 14.7 Å². The molecule has 1 N–H and O–H groups in total. The van der Waals surface area contributed by atoms with Crippen LogP contribution in [0.25, 0.3) is 0 Å². The summed E-state index contributed by atoms with van der Waals surface area (Å²) in [5.74, 6) is 0.307. The Hall–Kier alpha value is -1.43. The second-order valence-electron chi connectivity index (χ2n) is 6.20. The largest absolute Gasteiger partial charge is 0.396 e. The summed E-state index contributed by atoms with van der Waals surface area (Å²) in [5.41, 5.74) is 1.26. The van der Waals surface area contributed by atoms with Gasteiger partial charge in [-0.25, -0.2) is 0 Å². The maximum absolute atomic E-state index is 12.6. The quantitative estimate of drug-likeness (QED) is 0.891. The van der Waals surface area contributed by atoms with E-state index in [-0.39, 0.29) is 24.5 Å². The summed E-state index contributed by atoms with van der Waals surface area (Å²) in [6.45, 7) is 4.52. The van der Waals surface area contributed by atoms with Crippen molar-refractivity contribution in [2.45, 2.75) is 19.1 Å². The molecule has 2 atom stereocenters. The van der Waals surface area contributed by atoms with E-state index in [9.17, 15) is 9.90 Å². The van der Waals surface area contributed by atoms with Crippen molar-refractivity contribution in [2.75, 3.05) is 39.4 Å². The third kappa shape index (κ3) is 3.66. The van der Waals surface area contributed by atoms with Gasteiger partial charge >= 0.3 is 0 Å². The number of hydrogen-bond acceptors (Lipinski definition) is 4. The SMILES string of the molecule is O=C(C1CN(Cc2ccccc2)CCO1)N1CCC(CO)C1. The number of morpholine rings is 1. The highest BCUT2D eigenvalue weighted by molar-refractivity contribution is 5.81. The van der Waals surface area contributed by atoms with E-state index in [0.717, 1.165) is 26.1 Å². The van der Waals surface area contributed by atoms with E-state index in [1.165, 1.54) is 5.56 Å². The van der Waals surface area contributed by atoms with Crippen molar-refractivity contribution in [3.05, 3.63) is 35.9 Å². The molecule has 0 saturated carbocycles. The van der Waals surface area contributed by atoms with Crippen molar-refractivity contribution in [3.8, 4) is 0 Å². The highest BCUT2D eigenvalue weighted by Crippen LogP contribution is 2.19. The molecule has 0 bridgehead atoms. The first-order valence-corrected chi connectivity index (χ1v) is 8.04. The molecule has 5 heteroatoms. The van der Waals surface area contributed by atoms with Crippen molar-refractivity contribution >= 4 is 5.91 Å². The molecule has 22 heavy (non-hydrogen) atoms. The molecule has 1 aromatic carbocycles. The number of likely N-dealkylation sites (tertiary alicyclic amines) is 1. The molecule has 0 spiro atoms. The van der Waals surface area contributed by atoms with Gasteiger partial charge in [-0.3, -0.25) is 9.69 Å². The second-order valence-corrected chi connectivity index (χ2v) is 6.20. The van der Waals surface area contributed by atoms with Crippen LogP contribution in [-0.2, 0) is 16.1 Å². The predicted octanol–water partition coefficient (Wildman–Crippen LogP) is 0.728. The van der Waals surface area contributed by atoms with Crippen LogP contribution in [0.15, 0.2) is 30.3 Å². The van der Waals surface area contributed by atoms with Gasteiger partial charge in [0.1, 0.15) is 6.10 Å². The van der Waals surface area contributed by atoms with Crippen LogP contribution < -0.4 is 0 Å². The van der Waals surface area contributed by atoms with E-state index in [2.05, 4.69) is 17.0 Å². The number of rotatable bonds is 4. The van der Waals surface area contributed by atoms with Gasteiger partial charge in [0.2, 0.25) is 0 Å². The molecule has 2 aliphatic heterocycles. The normalized spacial score (nSPS) is 26.3. The monoisotopic (exact) mass is 304 g/mol. The van der Waals surface area contributed by atoms with E-state index in [0.29, 0.717) is 19.7 Å². The van der Waals surface area contributed by atoms with Crippen molar-refractivity contribution in [3.63, 3.8) is 0 Å². The van der Waals surface area contributed by atoms with Gasteiger partial charge in [0.15, 0.2) is 0 Å². The van der Waals surface area contributed by atoms with Crippen molar-refractivity contribution in [2.24, 2.45) is 5.92 Å². The molecule has 0 aliphatic carbocycles. The van der Waals surface area contributed by atoms with Gasteiger partial charge in [-0.2, -0.15) is 0 Å². The first-order chi connectivity index (χ1) is 10.8. The van der Waals surface area contributed by atoms with Crippen molar-refractivity contribution < 1.29 is 14.6 Å². The van der Waals surface area contributed by atoms with Gasteiger partial charge in [0, 0.05) is 45.2 Å². The van der Waals surface area contributed by atoms with Crippen LogP contribution in [0.4, 0.5) is 0 Å². The lowest BCUT2D eigenvalue weighted by Gasteiger charge is -2.34. The summed E-state index contributed by atoms with van der Waals surface area (Å²) < 4.78 is 5.69. The number of amides is 1.